The van der Waals surface area contributed by atoms with Crippen molar-refractivity contribution in [3.63, 3.8) is 0 Å². The number of nitrogens with zero attached hydrogens (tertiary/aromatic N) is 2. The van der Waals surface area contributed by atoms with E-state index >= 15 is 0 Å². The summed E-state index contributed by atoms with van der Waals surface area (Å²) in [6, 6.07) is 12.2. The van der Waals surface area contributed by atoms with Gasteiger partial charge in [0.2, 0.25) is 0 Å². The van der Waals surface area contributed by atoms with Crippen molar-refractivity contribution in [3.05, 3.63) is 59.6 Å². The number of aryl methyl sites for hydroxylation is 1. The van der Waals surface area contributed by atoms with Gasteiger partial charge in [0.1, 0.15) is 5.15 Å². The van der Waals surface area contributed by atoms with Crippen LogP contribution < -0.4 is 0 Å². The van der Waals surface area contributed by atoms with Crippen LogP contribution >= 0.6 is 11.6 Å². The molecule has 3 heteroatoms. The molecule has 0 unspecified atom stereocenters. The molecular weight excluding hydrogens is 256 g/mol. The van der Waals surface area contributed by atoms with Gasteiger partial charge in [-0.1, -0.05) is 42.8 Å². The lowest BCUT2D eigenvalue weighted by molar-refractivity contribution is 1.05. The molecule has 0 saturated carbocycles. The topological polar surface area (TPSA) is 25.8 Å². The highest BCUT2D eigenvalue weighted by Crippen LogP contribution is 2.32. The van der Waals surface area contributed by atoms with Gasteiger partial charge in [-0.15, -0.1) is 0 Å². The van der Waals surface area contributed by atoms with E-state index < -0.39 is 0 Å². The van der Waals surface area contributed by atoms with E-state index in [-0.39, 0.29) is 0 Å². The van der Waals surface area contributed by atoms with Gasteiger partial charge in [-0.05, 0) is 29.5 Å². The number of rotatable bonds is 2. The lowest BCUT2D eigenvalue weighted by Crippen LogP contribution is -1.91. The van der Waals surface area contributed by atoms with Gasteiger partial charge in [0.25, 0.3) is 0 Å². The van der Waals surface area contributed by atoms with Crippen LogP contribution in [0.15, 0.2) is 48.8 Å². The Morgan fingerprint density at radius 1 is 1.16 bits per heavy atom. The second-order valence-corrected chi connectivity index (χ2v) is 4.76. The summed E-state index contributed by atoms with van der Waals surface area (Å²) < 4.78 is 0. The van der Waals surface area contributed by atoms with E-state index in [4.69, 9.17) is 11.6 Å². The molecule has 0 radical (unpaired) electrons. The van der Waals surface area contributed by atoms with Crippen LogP contribution in [0.5, 0.6) is 0 Å². The summed E-state index contributed by atoms with van der Waals surface area (Å²) in [5, 5.41) is 2.68. The standard InChI is InChI=1S/C16H13ClN2/c1-2-13-9-11-5-3-7-14(15(11)16(17)19-13)12-6-4-8-18-10-12/h3-10H,2H2,1H3. The lowest BCUT2D eigenvalue weighted by Gasteiger charge is -2.09. The van der Waals surface area contributed by atoms with Crippen LogP contribution in [-0.4, -0.2) is 9.97 Å². The monoisotopic (exact) mass is 268 g/mol. The number of hydrogen-bond donors (Lipinski definition) is 0. The first kappa shape index (κ1) is 12.1. The first-order valence-electron chi connectivity index (χ1n) is 6.28. The molecule has 94 valence electrons. The van der Waals surface area contributed by atoms with E-state index in [0.29, 0.717) is 5.15 Å². The Morgan fingerprint density at radius 2 is 2.05 bits per heavy atom. The van der Waals surface area contributed by atoms with Crippen molar-refractivity contribution >= 4 is 22.4 Å². The zero-order valence-electron chi connectivity index (χ0n) is 10.6. The fourth-order valence-corrected chi connectivity index (χ4v) is 2.58. The maximum Gasteiger partial charge on any atom is 0.137 e. The Labute approximate surface area is 117 Å². The molecule has 0 fully saturated rings. The summed E-state index contributed by atoms with van der Waals surface area (Å²) >= 11 is 6.36. The molecule has 2 nitrogen and oxygen atoms in total. The van der Waals surface area contributed by atoms with Crippen molar-refractivity contribution in [2.75, 3.05) is 0 Å². The van der Waals surface area contributed by atoms with Crippen LogP contribution in [-0.2, 0) is 6.42 Å². The molecule has 3 aromatic rings. The largest absolute Gasteiger partial charge is 0.264 e. The van der Waals surface area contributed by atoms with Crippen molar-refractivity contribution in [2.45, 2.75) is 13.3 Å². The maximum absolute atomic E-state index is 6.36. The number of pyridine rings is 2. The molecule has 0 aliphatic heterocycles. The molecule has 0 aliphatic rings. The van der Waals surface area contributed by atoms with Gasteiger partial charge >= 0.3 is 0 Å². The highest BCUT2D eigenvalue weighted by atomic mass is 35.5. The average Bonchev–Trinajstić information content (AvgIpc) is 2.47. The highest BCUT2D eigenvalue weighted by Gasteiger charge is 2.09. The van der Waals surface area contributed by atoms with Crippen LogP contribution in [0.2, 0.25) is 5.15 Å². The van der Waals surface area contributed by atoms with Crippen molar-refractivity contribution in [1.82, 2.24) is 9.97 Å². The Morgan fingerprint density at radius 3 is 2.79 bits per heavy atom. The summed E-state index contributed by atoms with van der Waals surface area (Å²) in [5.41, 5.74) is 3.15. The average molecular weight is 269 g/mol. The maximum atomic E-state index is 6.36. The molecule has 2 aromatic heterocycles. The summed E-state index contributed by atoms with van der Waals surface area (Å²) in [4.78, 5) is 8.62. The second kappa shape index (κ2) is 4.98. The molecule has 0 atom stereocenters. The van der Waals surface area contributed by atoms with E-state index in [0.717, 1.165) is 34.0 Å². The summed E-state index contributed by atoms with van der Waals surface area (Å²) in [5.74, 6) is 0. The summed E-state index contributed by atoms with van der Waals surface area (Å²) in [7, 11) is 0. The number of benzene rings is 1. The molecule has 0 spiro atoms. The van der Waals surface area contributed by atoms with Gasteiger partial charge in [0.05, 0.1) is 0 Å². The van der Waals surface area contributed by atoms with Gasteiger partial charge in [0, 0.05) is 29.0 Å². The van der Waals surface area contributed by atoms with Crippen molar-refractivity contribution in [2.24, 2.45) is 0 Å². The van der Waals surface area contributed by atoms with Gasteiger partial charge in [-0.3, -0.25) is 4.98 Å². The number of halogens is 1. The van der Waals surface area contributed by atoms with E-state index in [1.54, 1.807) is 6.20 Å². The van der Waals surface area contributed by atoms with Crippen molar-refractivity contribution in [3.8, 4) is 11.1 Å². The zero-order valence-corrected chi connectivity index (χ0v) is 11.4. The molecule has 19 heavy (non-hydrogen) atoms. The molecular formula is C16H13ClN2. The Balaban J connectivity index is 2.33. The second-order valence-electron chi connectivity index (χ2n) is 4.40. The Kier molecular flexibility index (Phi) is 3.18. The minimum absolute atomic E-state index is 0.564. The summed E-state index contributed by atoms with van der Waals surface area (Å²) in [6.07, 6.45) is 4.50. The van der Waals surface area contributed by atoms with Gasteiger partial charge < -0.3 is 0 Å². The van der Waals surface area contributed by atoms with Gasteiger partial charge in [-0.2, -0.15) is 0 Å². The molecule has 0 saturated heterocycles. The minimum atomic E-state index is 0.564. The Bertz CT molecular complexity index is 723. The molecule has 0 N–H and O–H groups in total. The fraction of sp³-hybridized carbons (Fsp3) is 0.125. The molecule has 0 aliphatic carbocycles. The fourth-order valence-electron chi connectivity index (χ4n) is 2.26. The molecule has 3 rings (SSSR count). The third-order valence-corrected chi connectivity index (χ3v) is 3.48. The van der Waals surface area contributed by atoms with Crippen LogP contribution in [0.25, 0.3) is 21.9 Å². The van der Waals surface area contributed by atoms with E-state index in [1.807, 2.05) is 24.4 Å². The minimum Gasteiger partial charge on any atom is -0.264 e. The number of hydrogen-bond acceptors (Lipinski definition) is 2. The third kappa shape index (κ3) is 2.20. The third-order valence-electron chi connectivity index (χ3n) is 3.20. The van der Waals surface area contributed by atoms with E-state index in [1.165, 1.54) is 0 Å². The highest BCUT2D eigenvalue weighted by molar-refractivity contribution is 6.35. The SMILES string of the molecule is CCc1cc2cccc(-c3cccnc3)c2c(Cl)n1. The van der Waals surface area contributed by atoms with Crippen molar-refractivity contribution in [1.29, 1.82) is 0 Å². The van der Waals surface area contributed by atoms with Crippen LogP contribution in [0.3, 0.4) is 0 Å². The van der Waals surface area contributed by atoms with Crippen LogP contribution in [0.4, 0.5) is 0 Å². The van der Waals surface area contributed by atoms with E-state index in [9.17, 15) is 0 Å². The van der Waals surface area contributed by atoms with Gasteiger partial charge in [0.15, 0.2) is 0 Å². The predicted octanol–water partition coefficient (Wildman–Crippen LogP) is 4.51. The first-order valence-corrected chi connectivity index (χ1v) is 6.66. The first-order chi connectivity index (χ1) is 9.29. The smallest absolute Gasteiger partial charge is 0.137 e. The Hall–Kier alpha value is -1.93. The van der Waals surface area contributed by atoms with E-state index in [2.05, 4.69) is 35.1 Å². The van der Waals surface area contributed by atoms with Crippen LogP contribution in [0.1, 0.15) is 12.6 Å². The van der Waals surface area contributed by atoms with Crippen LogP contribution in [0, 0.1) is 0 Å². The number of aromatic nitrogens is 2. The molecule has 1 aromatic carbocycles. The summed E-state index contributed by atoms with van der Waals surface area (Å²) in [6.45, 7) is 2.08. The quantitative estimate of drug-likeness (QED) is 0.639. The molecule has 2 heterocycles. The predicted molar refractivity (Wildman–Crippen MR) is 79.4 cm³/mol. The van der Waals surface area contributed by atoms with Crippen molar-refractivity contribution < 1.29 is 0 Å². The zero-order chi connectivity index (χ0) is 13.2. The number of fused-ring (bicyclic) bond motifs is 1. The molecule has 0 bridgehead atoms. The normalized spacial score (nSPS) is 10.8. The molecule has 0 amide bonds. The lowest BCUT2D eigenvalue weighted by atomic mass is 10.0. The van der Waals surface area contributed by atoms with Gasteiger partial charge in [-0.25, -0.2) is 4.98 Å².